The third-order valence-corrected chi connectivity index (χ3v) is 8.22. The molecular weight excluding hydrogens is 572 g/mol. The summed E-state index contributed by atoms with van der Waals surface area (Å²) in [5.41, 5.74) is -3.26. The van der Waals surface area contributed by atoms with E-state index in [1.54, 1.807) is 46.8 Å². The molecule has 0 aromatic rings. The highest BCUT2D eigenvalue weighted by atomic mass is 16.6. The molecule has 9 unspecified atom stereocenters. The third kappa shape index (κ3) is 8.22. The van der Waals surface area contributed by atoms with Crippen LogP contribution >= 0.6 is 0 Å². The zero-order valence-electron chi connectivity index (χ0n) is 27.6. The van der Waals surface area contributed by atoms with Crippen LogP contribution in [0.15, 0.2) is 24.3 Å². The maximum atomic E-state index is 14.4. The lowest BCUT2D eigenvalue weighted by atomic mass is 9.72. The van der Waals surface area contributed by atoms with Crippen LogP contribution in [-0.4, -0.2) is 71.6 Å². The van der Waals surface area contributed by atoms with Crippen LogP contribution in [-0.2, 0) is 52.5 Å². The minimum absolute atomic E-state index is 0.0642. The Kier molecular flexibility index (Phi) is 12.2. The van der Waals surface area contributed by atoms with E-state index in [1.165, 1.54) is 6.92 Å². The maximum absolute atomic E-state index is 14.4. The Labute approximate surface area is 260 Å². The second-order valence-corrected chi connectivity index (χ2v) is 12.7. The molecule has 2 aliphatic rings. The summed E-state index contributed by atoms with van der Waals surface area (Å²) in [6, 6.07) is 0. The van der Waals surface area contributed by atoms with E-state index in [4.69, 9.17) is 23.7 Å². The van der Waals surface area contributed by atoms with E-state index in [9.17, 15) is 28.8 Å². The number of allylic oxidation sites excluding steroid dienone is 2. The topological polar surface area (TPSA) is 149 Å². The summed E-state index contributed by atoms with van der Waals surface area (Å²) in [7, 11) is 0. The van der Waals surface area contributed by atoms with Crippen molar-refractivity contribution in [3.8, 4) is 0 Å². The average molecular weight is 621 g/mol. The minimum Gasteiger partial charge on any atom is -0.462 e. The van der Waals surface area contributed by atoms with Crippen molar-refractivity contribution in [3.63, 3.8) is 0 Å². The summed E-state index contributed by atoms with van der Waals surface area (Å²) in [5, 5.41) is 0. The van der Waals surface area contributed by atoms with Gasteiger partial charge in [-0.2, -0.15) is 0 Å². The smallest absolute Gasteiger partial charge is 0.303 e. The average Bonchev–Trinajstić information content (AvgIpc) is 3.15. The molecule has 0 N–H and O–H groups in total. The molecule has 11 nitrogen and oxygen atoms in total. The first-order valence-corrected chi connectivity index (χ1v) is 15.1. The van der Waals surface area contributed by atoms with E-state index in [-0.39, 0.29) is 12.0 Å². The fourth-order valence-corrected chi connectivity index (χ4v) is 6.36. The number of fused-ring (bicyclic) bond motifs is 1. The second-order valence-electron chi connectivity index (χ2n) is 12.7. The van der Waals surface area contributed by atoms with Gasteiger partial charge in [0.1, 0.15) is 12.2 Å². The van der Waals surface area contributed by atoms with Crippen LogP contribution in [0.3, 0.4) is 0 Å². The first-order chi connectivity index (χ1) is 20.3. The molecule has 0 spiro atoms. The van der Waals surface area contributed by atoms with Gasteiger partial charge >= 0.3 is 23.9 Å². The van der Waals surface area contributed by atoms with Crippen LogP contribution in [0.25, 0.3) is 0 Å². The Morgan fingerprint density at radius 3 is 1.93 bits per heavy atom. The number of hydrogen-bond acceptors (Lipinski definition) is 11. The van der Waals surface area contributed by atoms with E-state index >= 15 is 0 Å². The minimum atomic E-state index is -1.95. The maximum Gasteiger partial charge on any atom is 0.303 e. The molecule has 0 amide bonds. The molecule has 0 saturated heterocycles. The van der Waals surface area contributed by atoms with Crippen LogP contribution in [0, 0.1) is 23.2 Å². The molecule has 0 aromatic heterocycles. The van der Waals surface area contributed by atoms with Crippen LogP contribution < -0.4 is 0 Å². The van der Waals surface area contributed by atoms with Gasteiger partial charge in [-0.3, -0.25) is 28.8 Å². The summed E-state index contributed by atoms with van der Waals surface area (Å²) in [6.07, 6.45) is -1.55. The van der Waals surface area contributed by atoms with Gasteiger partial charge in [-0.25, -0.2) is 0 Å². The zero-order valence-corrected chi connectivity index (χ0v) is 27.6. The van der Waals surface area contributed by atoms with Gasteiger partial charge in [-0.05, 0) is 33.1 Å². The van der Waals surface area contributed by atoms with E-state index in [0.717, 1.165) is 27.2 Å². The van der Waals surface area contributed by atoms with Gasteiger partial charge in [0.15, 0.2) is 29.4 Å². The number of ether oxygens (including phenoxy) is 5. The standard InChI is InChI=1S/C33H48O11/c1-12-13-19(4)40-29-28(43-23(8)36)20(5)27(42-22(7)35)25-26(41-21(6)34)18(3)16-33(25,44-24(9)37)30(38)17(2)14-15-32(10,11)31(29)39/h14-15,17-19,25-29H,5,12-13,16H2,1-4,6-11H3. The summed E-state index contributed by atoms with van der Waals surface area (Å²) >= 11 is 0. The molecule has 0 aromatic carbocycles. The molecular formula is C33H48O11. The fourth-order valence-electron chi connectivity index (χ4n) is 6.36. The molecule has 0 radical (unpaired) electrons. The molecule has 11 heteroatoms. The van der Waals surface area contributed by atoms with Crippen LogP contribution in [0.2, 0.25) is 0 Å². The Morgan fingerprint density at radius 1 is 0.886 bits per heavy atom. The number of Topliss-reactive ketones (excluding diaryl/α,β-unsaturated/α-hetero) is 2. The highest BCUT2D eigenvalue weighted by Gasteiger charge is 2.65. The van der Waals surface area contributed by atoms with Crippen LogP contribution in [0.5, 0.6) is 0 Å². The van der Waals surface area contributed by atoms with Gasteiger partial charge in [-0.1, -0.05) is 45.9 Å². The summed E-state index contributed by atoms with van der Waals surface area (Å²) in [5.74, 6) is -6.79. The van der Waals surface area contributed by atoms with Crippen molar-refractivity contribution < 1.29 is 52.5 Å². The first kappa shape index (κ1) is 36.8. The van der Waals surface area contributed by atoms with Crippen molar-refractivity contribution in [2.75, 3.05) is 0 Å². The predicted molar refractivity (Wildman–Crippen MR) is 159 cm³/mol. The monoisotopic (exact) mass is 620 g/mol. The van der Waals surface area contributed by atoms with Crippen molar-refractivity contribution in [1.82, 2.24) is 0 Å². The third-order valence-electron chi connectivity index (χ3n) is 8.22. The quantitative estimate of drug-likeness (QED) is 0.218. The molecule has 2 aliphatic carbocycles. The fraction of sp³-hybridized carbons (Fsp3) is 0.697. The van der Waals surface area contributed by atoms with E-state index in [1.807, 2.05) is 6.92 Å². The van der Waals surface area contributed by atoms with Gasteiger partial charge in [0, 0.05) is 51.0 Å². The Bertz CT molecular complexity index is 1180. The van der Waals surface area contributed by atoms with Gasteiger partial charge in [0.05, 0.1) is 12.0 Å². The highest BCUT2D eigenvalue weighted by Crippen LogP contribution is 2.51. The molecule has 1 fully saturated rings. The van der Waals surface area contributed by atoms with Crippen molar-refractivity contribution in [2.45, 2.75) is 125 Å². The van der Waals surface area contributed by atoms with Gasteiger partial charge in [0.25, 0.3) is 0 Å². The van der Waals surface area contributed by atoms with E-state index in [2.05, 4.69) is 6.58 Å². The SMILES string of the molecule is C=C1C(OC(C)=O)C(OC(C)CCC)C(=O)C(C)(C)C=CC(C)C(=O)C2(OC(C)=O)CC(C)C(OC(C)=O)C2C1OC(C)=O. The largest absolute Gasteiger partial charge is 0.462 e. The van der Waals surface area contributed by atoms with Gasteiger partial charge in [0.2, 0.25) is 0 Å². The van der Waals surface area contributed by atoms with Gasteiger partial charge in [-0.15, -0.1) is 0 Å². The summed E-state index contributed by atoms with van der Waals surface area (Å²) in [4.78, 5) is 78.8. The molecule has 0 bridgehead atoms. The van der Waals surface area contributed by atoms with Crippen LogP contribution in [0.4, 0.5) is 0 Å². The Balaban J connectivity index is 3.05. The first-order valence-electron chi connectivity index (χ1n) is 15.1. The molecule has 0 aliphatic heterocycles. The predicted octanol–water partition coefficient (Wildman–Crippen LogP) is 4.24. The Hall–Kier alpha value is -3.34. The lowest BCUT2D eigenvalue weighted by molar-refractivity contribution is -0.187. The molecule has 0 heterocycles. The number of ketones is 2. The lowest BCUT2D eigenvalue weighted by Crippen LogP contribution is -2.58. The van der Waals surface area contributed by atoms with E-state index in [0.29, 0.717) is 6.42 Å². The van der Waals surface area contributed by atoms with Crippen LogP contribution in [0.1, 0.15) is 88.5 Å². The second kappa shape index (κ2) is 14.6. The Morgan fingerprint density at radius 2 is 1.43 bits per heavy atom. The number of rotatable bonds is 8. The molecule has 9 atom stereocenters. The van der Waals surface area contributed by atoms with Crippen molar-refractivity contribution in [3.05, 3.63) is 24.3 Å². The number of esters is 4. The van der Waals surface area contributed by atoms with Crippen molar-refractivity contribution in [2.24, 2.45) is 23.2 Å². The molecule has 246 valence electrons. The number of carbonyl (C=O) groups excluding carboxylic acids is 6. The zero-order chi connectivity index (χ0) is 33.7. The number of hydrogen-bond donors (Lipinski definition) is 0. The normalized spacial score (nSPS) is 32.9. The van der Waals surface area contributed by atoms with Crippen molar-refractivity contribution in [1.29, 1.82) is 0 Å². The molecule has 2 rings (SSSR count). The van der Waals surface area contributed by atoms with E-state index < -0.39 is 94.7 Å². The summed E-state index contributed by atoms with van der Waals surface area (Å²) < 4.78 is 29.4. The lowest BCUT2D eigenvalue weighted by Gasteiger charge is -2.43. The molecule has 44 heavy (non-hydrogen) atoms. The number of carbonyl (C=O) groups is 6. The van der Waals surface area contributed by atoms with Crippen molar-refractivity contribution >= 4 is 35.4 Å². The summed E-state index contributed by atoms with van der Waals surface area (Å²) in [6.45, 7) is 19.1. The van der Waals surface area contributed by atoms with Gasteiger partial charge < -0.3 is 23.7 Å². The molecule has 1 saturated carbocycles. The highest BCUT2D eigenvalue weighted by molar-refractivity contribution is 5.95.